The minimum atomic E-state index is 0.148. The molecule has 0 aliphatic carbocycles. The Morgan fingerprint density at radius 2 is 1.56 bits per heavy atom. The minimum absolute atomic E-state index is 0.148. The Morgan fingerprint density at radius 1 is 1.11 bits per heavy atom. The van der Waals surface area contributed by atoms with Crippen molar-refractivity contribution in [1.82, 2.24) is 4.90 Å². The van der Waals surface area contributed by atoms with E-state index >= 15 is 0 Å². The third-order valence-electron chi connectivity index (χ3n) is 3.46. The second-order valence-corrected chi connectivity index (χ2v) is 5.98. The first-order valence-corrected chi connectivity index (χ1v) is 7.67. The van der Waals surface area contributed by atoms with Gasteiger partial charge in [-0.25, -0.2) is 0 Å². The number of carbonyl (C=O) groups is 1. The highest BCUT2D eigenvalue weighted by molar-refractivity contribution is 14.1. The molecule has 0 heterocycles. The molecule has 3 heteroatoms. The molecule has 1 rings (SSSR count). The van der Waals surface area contributed by atoms with Crippen LogP contribution in [0.15, 0.2) is 24.3 Å². The Morgan fingerprint density at radius 3 is 1.94 bits per heavy atom. The molecular formula is C15H22INO. The standard InChI is InChI=1S/C15H22INO/c1-5-11(3)17(12(4)6-2)15(18)13-7-9-14(16)10-8-13/h7-12H,5-6H2,1-4H3. The van der Waals surface area contributed by atoms with Crippen molar-refractivity contribution < 1.29 is 4.79 Å². The number of rotatable bonds is 5. The van der Waals surface area contributed by atoms with Crippen LogP contribution in [0, 0.1) is 3.57 Å². The van der Waals surface area contributed by atoms with E-state index in [2.05, 4.69) is 50.3 Å². The van der Waals surface area contributed by atoms with Crippen LogP contribution >= 0.6 is 22.6 Å². The van der Waals surface area contributed by atoms with Crippen molar-refractivity contribution in [3.8, 4) is 0 Å². The first kappa shape index (κ1) is 15.5. The maximum atomic E-state index is 12.6. The molecule has 0 aliphatic rings. The summed E-state index contributed by atoms with van der Waals surface area (Å²) in [6, 6.07) is 8.38. The van der Waals surface area contributed by atoms with Crippen LogP contribution in [0.3, 0.4) is 0 Å². The summed E-state index contributed by atoms with van der Waals surface area (Å²) in [5, 5.41) is 0. The Hall–Kier alpha value is -0.580. The molecule has 0 aliphatic heterocycles. The highest BCUT2D eigenvalue weighted by Crippen LogP contribution is 2.17. The average Bonchev–Trinajstić information content (AvgIpc) is 2.39. The largest absolute Gasteiger partial charge is 0.333 e. The van der Waals surface area contributed by atoms with Crippen molar-refractivity contribution in [3.63, 3.8) is 0 Å². The Balaban J connectivity index is 2.98. The van der Waals surface area contributed by atoms with Gasteiger partial charge in [0, 0.05) is 21.2 Å². The third kappa shape index (κ3) is 3.70. The Labute approximate surface area is 124 Å². The molecule has 100 valence electrons. The number of amides is 1. The number of carbonyl (C=O) groups excluding carboxylic acids is 1. The van der Waals surface area contributed by atoms with Gasteiger partial charge in [-0.3, -0.25) is 4.79 Å². The molecular weight excluding hydrogens is 337 g/mol. The maximum absolute atomic E-state index is 12.6. The van der Waals surface area contributed by atoms with E-state index in [-0.39, 0.29) is 18.0 Å². The van der Waals surface area contributed by atoms with Crippen LogP contribution < -0.4 is 0 Å². The van der Waals surface area contributed by atoms with E-state index in [9.17, 15) is 4.79 Å². The zero-order valence-corrected chi connectivity index (χ0v) is 13.8. The molecule has 0 spiro atoms. The van der Waals surface area contributed by atoms with Crippen LogP contribution in [0.4, 0.5) is 0 Å². The maximum Gasteiger partial charge on any atom is 0.254 e. The highest BCUT2D eigenvalue weighted by atomic mass is 127. The quantitative estimate of drug-likeness (QED) is 0.717. The van der Waals surface area contributed by atoms with Crippen molar-refractivity contribution in [2.24, 2.45) is 0 Å². The summed E-state index contributed by atoms with van der Waals surface area (Å²) in [4.78, 5) is 14.6. The van der Waals surface area contributed by atoms with Gasteiger partial charge in [-0.2, -0.15) is 0 Å². The van der Waals surface area contributed by atoms with E-state index in [0.717, 1.165) is 22.0 Å². The normalized spacial score (nSPS) is 14.1. The highest BCUT2D eigenvalue weighted by Gasteiger charge is 2.24. The van der Waals surface area contributed by atoms with Gasteiger partial charge in [0.25, 0.3) is 5.91 Å². The fourth-order valence-electron chi connectivity index (χ4n) is 1.97. The Kier molecular flexibility index (Phi) is 6.12. The van der Waals surface area contributed by atoms with E-state index in [1.165, 1.54) is 0 Å². The predicted molar refractivity (Wildman–Crippen MR) is 84.8 cm³/mol. The van der Waals surface area contributed by atoms with E-state index in [1.807, 2.05) is 29.2 Å². The third-order valence-corrected chi connectivity index (χ3v) is 4.18. The second kappa shape index (κ2) is 7.12. The van der Waals surface area contributed by atoms with Gasteiger partial charge in [0.15, 0.2) is 0 Å². The SMILES string of the molecule is CCC(C)N(C(=O)c1ccc(I)cc1)C(C)CC. The van der Waals surface area contributed by atoms with Crippen molar-refractivity contribution in [2.45, 2.75) is 52.6 Å². The number of nitrogens with zero attached hydrogens (tertiary/aromatic N) is 1. The van der Waals surface area contributed by atoms with Gasteiger partial charge < -0.3 is 4.90 Å². The molecule has 0 saturated carbocycles. The molecule has 0 fully saturated rings. The minimum Gasteiger partial charge on any atom is -0.333 e. The zero-order valence-electron chi connectivity index (χ0n) is 11.6. The van der Waals surface area contributed by atoms with Gasteiger partial charge in [-0.15, -0.1) is 0 Å². The van der Waals surface area contributed by atoms with E-state index in [1.54, 1.807) is 0 Å². The molecule has 0 saturated heterocycles. The molecule has 0 aromatic heterocycles. The van der Waals surface area contributed by atoms with Gasteiger partial charge in [-0.1, -0.05) is 13.8 Å². The van der Waals surface area contributed by atoms with Gasteiger partial charge >= 0.3 is 0 Å². The monoisotopic (exact) mass is 359 g/mol. The van der Waals surface area contributed by atoms with Crippen LogP contribution in [0.5, 0.6) is 0 Å². The zero-order chi connectivity index (χ0) is 13.7. The van der Waals surface area contributed by atoms with Crippen molar-refractivity contribution in [1.29, 1.82) is 0 Å². The first-order valence-electron chi connectivity index (χ1n) is 6.59. The molecule has 1 aromatic rings. The number of halogens is 1. The van der Waals surface area contributed by atoms with Crippen LogP contribution in [0.2, 0.25) is 0 Å². The van der Waals surface area contributed by atoms with Crippen LogP contribution in [-0.4, -0.2) is 22.9 Å². The first-order chi connectivity index (χ1) is 8.51. The van der Waals surface area contributed by atoms with Gasteiger partial charge in [0.2, 0.25) is 0 Å². The topological polar surface area (TPSA) is 20.3 Å². The van der Waals surface area contributed by atoms with Gasteiger partial charge in [0.1, 0.15) is 0 Å². The molecule has 2 unspecified atom stereocenters. The lowest BCUT2D eigenvalue weighted by molar-refractivity contribution is 0.0598. The van der Waals surface area contributed by atoms with E-state index < -0.39 is 0 Å². The van der Waals surface area contributed by atoms with Gasteiger partial charge in [-0.05, 0) is 73.5 Å². The molecule has 2 atom stereocenters. The van der Waals surface area contributed by atoms with Crippen molar-refractivity contribution in [3.05, 3.63) is 33.4 Å². The summed E-state index contributed by atoms with van der Waals surface area (Å²) in [5.74, 6) is 0.148. The van der Waals surface area contributed by atoms with Crippen LogP contribution in [-0.2, 0) is 0 Å². The van der Waals surface area contributed by atoms with E-state index in [0.29, 0.717) is 0 Å². The molecule has 1 aromatic carbocycles. The lowest BCUT2D eigenvalue weighted by Gasteiger charge is -2.34. The van der Waals surface area contributed by atoms with Gasteiger partial charge in [0.05, 0.1) is 0 Å². The van der Waals surface area contributed by atoms with Crippen molar-refractivity contribution >= 4 is 28.5 Å². The number of benzene rings is 1. The average molecular weight is 359 g/mol. The lowest BCUT2D eigenvalue weighted by Crippen LogP contribution is -2.44. The fourth-order valence-corrected chi connectivity index (χ4v) is 2.33. The number of hydrogen-bond acceptors (Lipinski definition) is 1. The number of hydrogen-bond donors (Lipinski definition) is 0. The Bertz CT molecular complexity index is 378. The van der Waals surface area contributed by atoms with Crippen LogP contribution in [0.25, 0.3) is 0 Å². The fraction of sp³-hybridized carbons (Fsp3) is 0.533. The molecule has 0 N–H and O–H groups in total. The molecule has 18 heavy (non-hydrogen) atoms. The summed E-state index contributed by atoms with van der Waals surface area (Å²) in [6.45, 7) is 8.50. The summed E-state index contributed by atoms with van der Waals surface area (Å²) in [5.41, 5.74) is 0.788. The molecule has 0 bridgehead atoms. The summed E-state index contributed by atoms with van der Waals surface area (Å²) >= 11 is 2.25. The smallest absolute Gasteiger partial charge is 0.254 e. The molecule has 0 radical (unpaired) electrons. The van der Waals surface area contributed by atoms with E-state index in [4.69, 9.17) is 0 Å². The summed E-state index contributed by atoms with van der Waals surface area (Å²) in [6.07, 6.45) is 1.97. The molecule has 2 nitrogen and oxygen atoms in total. The molecule has 1 amide bonds. The summed E-state index contributed by atoms with van der Waals surface area (Å²) < 4.78 is 1.16. The predicted octanol–water partition coefficient (Wildman–Crippen LogP) is 4.33. The van der Waals surface area contributed by atoms with Crippen LogP contribution in [0.1, 0.15) is 50.9 Å². The lowest BCUT2D eigenvalue weighted by atomic mass is 10.1. The van der Waals surface area contributed by atoms with Crippen molar-refractivity contribution in [2.75, 3.05) is 0 Å². The summed E-state index contributed by atoms with van der Waals surface area (Å²) in [7, 11) is 0. The second-order valence-electron chi connectivity index (χ2n) is 4.73.